The van der Waals surface area contributed by atoms with Crippen molar-refractivity contribution in [3.63, 3.8) is 0 Å². The summed E-state index contributed by atoms with van der Waals surface area (Å²) in [5, 5.41) is 0. The van der Waals surface area contributed by atoms with Crippen molar-refractivity contribution in [2.24, 2.45) is 0 Å². The minimum Gasteiger partial charge on any atom is -0.384 e. The molecule has 0 aliphatic rings. The van der Waals surface area contributed by atoms with Gasteiger partial charge in [0, 0.05) is 20.8 Å². The number of hydrogen-bond donors (Lipinski definition) is 1. The Hall–Kier alpha value is 0.310. The number of ether oxygens (including phenoxy) is 2. The van der Waals surface area contributed by atoms with Crippen LogP contribution in [0.4, 0.5) is 0 Å². The molecule has 0 aromatic rings. The van der Waals surface area contributed by atoms with Crippen LogP contribution in [0.1, 0.15) is 0 Å². The Bertz CT molecular complexity index is 232. The van der Waals surface area contributed by atoms with Crippen LogP contribution in [-0.2, 0) is 19.5 Å². The van der Waals surface area contributed by atoms with E-state index in [1.54, 1.807) is 7.11 Å². The molecule has 86 valence electrons. The first-order valence-electron chi connectivity index (χ1n) is 4.11. The zero-order chi connectivity index (χ0) is 11.0. The minimum atomic E-state index is -3.22. The van der Waals surface area contributed by atoms with Crippen LogP contribution in [-0.4, -0.2) is 53.0 Å². The zero-order valence-electron chi connectivity index (χ0n) is 8.32. The van der Waals surface area contributed by atoms with E-state index in [9.17, 15) is 8.42 Å². The third-order valence-corrected chi connectivity index (χ3v) is 3.33. The molecule has 0 rings (SSSR count). The van der Waals surface area contributed by atoms with Crippen LogP contribution in [0.3, 0.4) is 0 Å². The fraction of sp³-hybridized carbons (Fsp3) is 1.00. The molecule has 14 heavy (non-hydrogen) atoms. The summed E-state index contributed by atoms with van der Waals surface area (Å²) in [6.07, 6.45) is 0. The fourth-order valence-corrected chi connectivity index (χ4v) is 2.35. The Morgan fingerprint density at radius 2 is 2.00 bits per heavy atom. The average Bonchev–Trinajstić information content (AvgIpc) is 2.13. The Kier molecular flexibility index (Phi) is 7.75. The molecule has 0 aromatic carbocycles. The maximum Gasteiger partial charge on any atom is 0.213 e. The van der Waals surface area contributed by atoms with E-state index >= 15 is 0 Å². The topological polar surface area (TPSA) is 64.6 Å². The minimum absolute atomic E-state index is 0.00943. The fourth-order valence-electron chi connectivity index (χ4n) is 0.722. The monoisotopic (exact) mass is 289 g/mol. The van der Waals surface area contributed by atoms with Crippen molar-refractivity contribution in [1.29, 1.82) is 0 Å². The highest BCUT2D eigenvalue weighted by atomic mass is 79.9. The molecule has 0 saturated carbocycles. The summed E-state index contributed by atoms with van der Waals surface area (Å²) >= 11 is 3.28. The van der Waals surface area contributed by atoms with E-state index in [0.717, 1.165) is 0 Å². The summed E-state index contributed by atoms with van der Waals surface area (Å²) in [6.45, 7) is 0.985. The Labute approximate surface area is 93.3 Å². The molecule has 1 N–H and O–H groups in total. The first-order chi connectivity index (χ1) is 6.52. The van der Waals surface area contributed by atoms with Gasteiger partial charge in [-0.25, -0.2) is 13.1 Å². The van der Waals surface area contributed by atoms with Crippen LogP contribution >= 0.6 is 15.9 Å². The molecule has 0 amide bonds. The molecule has 0 aliphatic heterocycles. The van der Waals surface area contributed by atoms with Gasteiger partial charge in [-0.3, -0.25) is 0 Å². The third-order valence-electron chi connectivity index (χ3n) is 1.43. The molecule has 1 unspecified atom stereocenters. The molecule has 7 heteroatoms. The highest BCUT2D eigenvalue weighted by molar-refractivity contribution is 9.09. The first kappa shape index (κ1) is 14.3. The van der Waals surface area contributed by atoms with E-state index < -0.39 is 10.0 Å². The molecule has 0 saturated heterocycles. The van der Waals surface area contributed by atoms with Gasteiger partial charge in [-0.15, -0.1) is 0 Å². The van der Waals surface area contributed by atoms with Crippen molar-refractivity contribution in [3.05, 3.63) is 0 Å². The SMILES string of the molecule is COCCS(=O)(=O)NCC(Br)COC. The second-order valence-corrected chi connectivity index (χ2v) is 5.93. The number of sulfonamides is 1. The molecule has 5 nitrogen and oxygen atoms in total. The molecular formula is C7H16BrNO4S. The molecule has 0 radical (unpaired) electrons. The molecule has 0 fully saturated rings. The van der Waals surface area contributed by atoms with Gasteiger partial charge in [0.2, 0.25) is 10.0 Å². The van der Waals surface area contributed by atoms with E-state index in [2.05, 4.69) is 25.4 Å². The van der Waals surface area contributed by atoms with Gasteiger partial charge in [-0.2, -0.15) is 0 Å². The lowest BCUT2D eigenvalue weighted by molar-refractivity contribution is 0.201. The van der Waals surface area contributed by atoms with Gasteiger partial charge in [0.25, 0.3) is 0 Å². The number of nitrogens with one attached hydrogen (secondary N) is 1. The molecule has 0 bridgehead atoms. The Balaban J connectivity index is 3.75. The van der Waals surface area contributed by atoms with Gasteiger partial charge in [-0.05, 0) is 0 Å². The molecule has 0 heterocycles. The Morgan fingerprint density at radius 3 is 2.50 bits per heavy atom. The van der Waals surface area contributed by atoms with Gasteiger partial charge in [-0.1, -0.05) is 15.9 Å². The van der Waals surface area contributed by atoms with E-state index in [4.69, 9.17) is 4.74 Å². The molecular weight excluding hydrogens is 274 g/mol. The van der Waals surface area contributed by atoms with Gasteiger partial charge < -0.3 is 9.47 Å². The van der Waals surface area contributed by atoms with Crippen LogP contribution in [0.2, 0.25) is 0 Å². The summed E-state index contributed by atoms with van der Waals surface area (Å²) in [5.41, 5.74) is 0. The quantitative estimate of drug-likeness (QED) is 0.637. The van der Waals surface area contributed by atoms with Crippen LogP contribution in [0.15, 0.2) is 0 Å². The van der Waals surface area contributed by atoms with Crippen molar-refractivity contribution in [2.75, 3.05) is 39.7 Å². The summed E-state index contributed by atoms with van der Waals surface area (Å²) in [5.74, 6) is -0.0177. The number of hydrogen-bond acceptors (Lipinski definition) is 4. The Morgan fingerprint density at radius 1 is 1.36 bits per heavy atom. The molecule has 0 aromatic heterocycles. The largest absolute Gasteiger partial charge is 0.384 e. The lowest BCUT2D eigenvalue weighted by Gasteiger charge is -2.10. The number of rotatable bonds is 8. The maximum atomic E-state index is 11.2. The third kappa shape index (κ3) is 7.69. The van der Waals surface area contributed by atoms with Gasteiger partial charge >= 0.3 is 0 Å². The first-order valence-corrected chi connectivity index (χ1v) is 6.68. The van der Waals surface area contributed by atoms with Crippen LogP contribution in [0.25, 0.3) is 0 Å². The van der Waals surface area contributed by atoms with Crippen LogP contribution in [0, 0.1) is 0 Å². The predicted octanol–water partition coefficient (Wildman–Crippen LogP) is -0.0379. The molecule has 1 atom stereocenters. The van der Waals surface area contributed by atoms with E-state index in [-0.39, 0.29) is 17.2 Å². The lowest BCUT2D eigenvalue weighted by Crippen LogP contribution is -2.34. The lowest BCUT2D eigenvalue weighted by atomic mass is 10.5. The van der Waals surface area contributed by atoms with Crippen LogP contribution < -0.4 is 4.72 Å². The molecule has 0 spiro atoms. The molecule has 0 aliphatic carbocycles. The number of alkyl halides is 1. The second kappa shape index (κ2) is 7.58. The van der Waals surface area contributed by atoms with E-state index in [1.807, 2.05) is 0 Å². The van der Waals surface area contributed by atoms with Gasteiger partial charge in [0.05, 0.1) is 23.8 Å². The van der Waals surface area contributed by atoms with E-state index in [0.29, 0.717) is 13.2 Å². The van der Waals surface area contributed by atoms with Crippen molar-refractivity contribution in [2.45, 2.75) is 4.83 Å². The standard InChI is InChI=1S/C7H16BrNO4S/c1-12-3-4-14(10,11)9-5-7(8)6-13-2/h7,9H,3-6H2,1-2H3. The predicted molar refractivity (Wildman–Crippen MR) is 58.3 cm³/mol. The summed E-state index contributed by atoms with van der Waals surface area (Å²) < 4.78 is 34.5. The zero-order valence-corrected chi connectivity index (χ0v) is 10.7. The van der Waals surface area contributed by atoms with Crippen molar-refractivity contribution in [3.8, 4) is 0 Å². The van der Waals surface area contributed by atoms with Crippen molar-refractivity contribution < 1.29 is 17.9 Å². The summed E-state index contributed by atoms with van der Waals surface area (Å²) in [6, 6.07) is 0. The summed E-state index contributed by atoms with van der Waals surface area (Å²) in [4.78, 5) is -0.00943. The summed E-state index contributed by atoms with van der Waals surface area (Å²) in [7, 11) is -0.188. The van der Waals surface area contributed by atoms with Crippen molar-refractivity contribution in [1.82, 2.24) is 4.72 Å². The smallest absolute Gasteiger partial charge is 0.213 e. The van der Waals surface area contributed by atoms with Gasteiger partial charge in [0.1, 0.15) is 0 Å². The number of methoxy groups -OCH3 is 2. The van der Waals surface area contributed by atoms with Crippen molar-refractivity contribution >= 4 is 26.0 Å². The maximum absolute atomic E-state index is 11.2. The highest BCUT2D eigenvalue weighted by Crippen LogP contribution is 1.98. The normalized spacial score (nSPS) is 14.2. The highest BCUT2D eigenvalue weighted by Gasteiger charge is 2.12. The second-order valence-electron chi connectivity index (χ2n) is 2.71. The number of halogens is 1. The van der Waals surface area contributed by atoms with Crippen LogP contribution in [0.5, 0.6) is 0 Å². The average molecular weight is 290 g/mol. The van der Waals surface area contributed by atoms with E-state index in [1.165, 1.54) is 7.11 Å². The van der Waals surface area contributed by atoms with Gasteiger partial charge in [0.15, 0.2) is 0 Å².